The summed E-state index contributed by atoms with van der Waals surface area (Å²) in [6.07, 6.45) is 3.28. The lowest BCUT2D eigenvalue weighted by Crippen LogP contribution is -2.38. The van der Waals surface area contributed by atoms with Gasteiger partial charge in [-0.25, -0.2) is 8.42 Å². The summed E-state index contributed by atoms with van der Waals surface area (Å²) in [5, 5.41) is 9.17. The SMILES string of the molecule is Cc1cc(Cl)c(C)c(S(=O)(=O)N2CCC(c3nnc4ccccn34)CC2)c1Cl. The lowest BCUT2D eigenvalue weighted by atomic mass is 9.97. The van der Waals surface area contributed by atoms with Crippen LogP contribution in [0.15, 0.2) is 35.4 Å². The molecule has 1 aromatic carbocycles. The van der Waals surface area contributed by atoms with E-state index in [1.54, 1.807) is 19.9 Å². The van der Waals surface area contributed by atoms with Gasteiger partial charge < -0.3 is 0 Å². The maximum Gasteiger partial charge on any atom is 0.244 e. The smallest absolute Gasteiger partial charge is 0.244 e. The Balaban J connectivity index is 1.60. The van der Waals surface area contributed by atoms with Gasteiger partial charge in [0.15, 0.2) is 5.65 Å². The Kier molecular flexibility index (Phi) is 5.12. The molecule has 9 heteroatoms. The molecule has 0 spiro atoms. The number of hydrogen-bond donors (Lipinski definition) is 0. The Morgan fingerprint density at radius 2 is 1.82 bits per heavy atom. The maximum atomic E-state index is 13.3. The van der Waals surface area contributed by atoms with Crippen molar-refractivity contribution in [2.24, 2.45) is 0 Å². The number of aromatic nitrogens is 3. The monoisotopic (exact) mass is 438 g/mol. The maximum absolute atomic E-state index is 13.3. The molecule has 1 aliphatic rings. The zero-order valence-electron chi connectivity index (χ0n) is 15.6. The molecule has 0 N–H and O–H groups in total. The lowest BCUT2D eigenvalue weighted by molar-refractivity contribution is 0.312. The van der Waals surface area contributed by atoms with Crippen LogP contribution in [0.4, 0.5) is 0 Å². The van der Waals surface area contributed by atoms with E-state index in [1.807, 2.05) is 28.8 Å². The molecule has 1 saturated heterocycles. The van der Waals surface area contributed by atoms with E-state index >= 15 is 0 Å². The van der Waals surface area contributed by atoms with Crippen LogP contribution in [-0.2, 0) is 10.0 Å². The average molecular weight is 439 g/mol. The summed E-state index contributed by atoms with van der Waals surface area (Å²) in [4.78, 5) is 0.116. The van der Waals surface area contributed by atoms with E-state index in [4.69, 9.17) is 23.2 Å². The second kappa shape index (κ2) is 7.30. The Morgan fingerprint density at radius 3 is 2.54 bits per heavy atom. The van der Waals surface area contributed by atoms with Crippen LogP contribution in [0.2, 0.25) is 10.0 Å². The number of pyridine rings is 1. The predicted octanol–water partition coefficient (Wildman–Crippen LogP) is 4.22. The zero-order chi connectivity index (χ0) is 20.1. The van der Waals surface area contributed by atoms with E-state index in [1.165, 1.54) is 4.31 Å². The normalized spacial score (nSPS) is 16.7. The van der Waals surface area contributed by atoms with Gasteiger partial charge in [0.2, 0.25) is 10.0 Å². The zero-order valence-corrected chi connectivity index (χ0v) is 17.9. The Labute approximate surface area is 174 Å². The molecule has 4 rings (SSSR count). The number of fused-ring (bicyclic) bond motifs is 1. The van der Waals surface area contributed by atoms with Crippen molar-refractivity contribution in [1.82, 2.24) is 18.9 Å². The van der Waals surface area contributed by atoms with Gasteiger partial charge in [-0.15, -0.1) is 10.2 Å². The second-order valence-corrected chi connectivity index (χ2v) is 9.77. The van der Waals surface area contributed by atoms with E-state index in [9.17, 15) is 8.42 Å². The molecule has 1 aliphatic heterocycles. The Bertz CT molecular complexity index is 1130. The van der Waals surface area contributed by atoms with Crippen molar-refractivity contribution in [2.45, 2.75) is 37.5 Å². The summed E-state index contributed by atoms with van der Waals surface area (Å²) in [6.45, 7) is 4.25. The van der Waals surface area contributed by atoms with Crippen LogP contribution in [0.1, 0.15) is 35.7 Å². The number of benzene rings is 1. The van der Waals surface area contributed by atoms with E-state index < -0.39 is 10.0 Å². The minimum atomic E-state index is -3.73. The van der Waals surface area contributed by atoms with Gasteiger partial charge >= 0.3 is 0 Å². The topological polar surface area (TPSA) is 67.6 Å². The van der Waals surface area contributed by atoms with Crippen molar-refractivity contribution in [3.05, 3.63) is 57.5 Å². The number of sulfonamides is 1. The molecule has 3 heterocycles. The fourth-order valence-corrected chi connectivity index (χ4v) is 6.38. The van der Waals surface area contributed by atoms with Gasteiger partial charge in [-0.2, -0.15) is 4.31 Å². The van der Waals surface area contributed by atoms with E-state index in [0.29, 0.717) is 42.1 Å². The van der Waals surface area contributed by atoms with Crippen LogP contribution in [0.5, 0.6) is 0 Å². The number of hydrogen-bond acceptors (Lipinski definition) is 4. The summed E-state index contributed by atoms with van der Waals surface area (Å²) in [5.74, 6) is 1.03. The standard InChI is InChI=1S/C19H20Cl2N4O2S/c1-12-11-15(20)13(2)18(17(12)21)28(26,27)24-9-6-14(7-10-24)19-23-22-16-5-3-4-8-25(16)19/h3-5,8,11,14H,6-7,9-10H2,1-2H3. The third-order valence-electron chi connectivity index (χ3n) is 5.34. The fourth-order valence-electron chi connectivity index (χ4n) is 3.74. The van der Waals surface area contributed by atoms with Gasteiger partial charge in [-0.05, 0) is 56.0 Å². The molecule has 0 aliphatic carbocycles. The van der Waals surface area contributed by atoms with Crippen LogP contribution < -0.4 is 0 Å². The summed E-state index contributed by atoms with van der Waals surface area (Å²) in [6, 6.07) is 7.46. The predicted molar refractivity (Wildman–Crippen MR) is 110 cm³/mol. The van der Waals surface area contributed by atoms with Crippen molar-refractivity contribution in [3.63, 3.8) is 0 Å². The highest BCUT2D eigenvalue weighted by atomic mass is 35.5. The minimum Gasteiger partial charge on any atom is -0.286 e. The molecule has 3 aromatic rings. The van der Waals surface area contributed by atoms with Gasteiger partial charge in [0.1, 0.15) is 10.7 Å². The van der Waals surface area contributed by atoms with Gasteiger partial charge in [-0.1, -0.05) is 29.3 Å². The third kappa shape index (κ3) is 3.20. The first-order valence-corrected chi connectivity index (χ1v) is 11.3. The van der Waals surface area contributed by atoms with Crippen molar-refractivity contribution in [2.75, 3.05) is 13.1 Å². The van der Waals surface area contributed by atoms with E-state index in [2.05, 4.69) is 10.2 Å². The molecule has 0 unspecified atom stereocenters. The molecule has 0 atom stereocenters. The molecule has 1 fully saturated rings. The molecule has 28 heavy (non-hydrogen) atoms. The molecule has 0 bridgehead atoms. The lowest BCUT2D eigenvalue weighted by Gasteiger charge is -2.31. The largest absolute Gasteiger partial charge is 0.286 e. The van der Waals surface area contributed by atoms with E-state index in [-0.39, 0.29) is 15.8 Å². The molecule has 2 aromatic heterocycles. The van der Waals surface area contributed by atoms with Gasteiger partial charge in [0, 0.05) is 30.2 Å². The first kappa shape index (κ1) is 19.6. The van der Waals surface area contributed by atoms with Gasteiger partial charge in [0.05, 0.1) is 5.02 Å². The van der Waals surface area contributed by atoms with Gasteiger partial charge in [0.25, 0.3) is 0 Å². The van der Waals surface area contributed by atoms with Crippen LogP contribution in [-0.4, -0.2) is 40.4 Å². The summed E-state index contributed by atoms with van der Waals surface area (Å²) in [5.41, 5.74) is 1.94. The number of nitrogens with zero attached hydrogens (tertiary/aromatic N) is 4. The van der Waals surface area contributed by atoms with Gasteiger partial charge in [-0.3, -0.25) is 4.40 Å². The van der Waals surface area contributed by atoms with Crippen LogP contribution in [0.3, 0.4) is 0 Å². The molecular formula is C19H20Cl2N4O2S. The second-order valence-electron chi connectivity index (χ2n) is 7.11. The van der Waals surface area contributed by atoms with Crippen molar-refractivity contribution in [3.8, 4) is 0 Å². The number of halogens is 2. The van der Waals surface area contributed by atoms with Crippen molar-refractivity contribution in [1.29, 1.82) is 0 Å². The quantitative estimate of drug-likeness (QED) is 0.613. The van der Waals surface area contributed by atoms with Crippen molar-refractivity contribution >= 4 is 38.9 Å². The number of rotatable bonds is 3. The Hall–Kier alpha value is -1.67. The third-order valence-corrected chi connectivity index (χ3v) is 8.41. The highest BCUT2D eigenvalue weighted by molar-refractivity contribution is 7.89. The van der Waals surface area contributed by atoms with Crippen molar-refractivity contribution < 1.29 is 8.42 Å². The number of aryl methyl sites for hydroxylation is 1. The first-order valence-electron chi connectivity index (χ1n) is 9.05. The highest BCUT2D eigenvalue weighted by Gasteiger charge is 2.34. The molecular weight excluding hydrogens is 419 g/mol. The summed E-state index contributed by atoms with van der Waals surface area (Å²) >= 11 is 12.6. The average Bonchev–Trinajstić information content (AvgIpc) is 3.11. The molecule has 0 saturated carbocycles. The fraction of sp³-hybridized carbons (Fsp3) is 0.368. The van der Waals surface area contributed by atoms with Crippen LogP contribution in [0, 0.1) is 13.8 Å². The summed E-state index contributed by atoms with van der Waals surface area (Å²) < 4.78 is 30.0. The first-order chi connectivity index (χ1) is 13.3. The number of piperidine rings is 1. The molecule has 0 amide bonds. The Morgan fingerprint density at radius 1 is 1.11 bits per heavy atom. The minimum absolute atomic E-state index is 0.116. The molecule has 0 radical (unpaired) electrons. The highest BCUT2D eigenvalue weighted by Crippen LogP contribution is 2.37. The van der Waals surface area contributed by atoms with Crippen LogP contribution in [0.25, 0.3) is 5.65 Å². The van der Waals surface area contributed by atoms with Crippen LogP contribution >= 0.6 is 23.2 Å². The molecule has 6 nitrogen and oxygen atoms in total. The molecule has 148 valence electrons. The van der Waals surface area contributed by atoms with E-state index in [0.717, 1.165) is 11.5 Å². The summed E-state index contributed by atoms with van der Waals surface area (Å²) in [7, 11) is -3.73.